The number of imidazole rings is 1. The predicted molar refractivity (Wildman–Crippen MR) is 150 cm³/mol. The lowest BCUT2D eigenvalue weighted by Crippen LogP contribution is -2.43. The van der Waals surface area contributed by atoms with Crippen molar-refractivity contribution < 1.29 is 14.3 Å². The minimum absolute atomic E-state index is 0.0173. The fraction of sp³-hybridized carbons (Fsp3) is 0.500. The van der Waals surface area contributed by atoms with Gasteiger partial charge in [-0.2, -0.15) is 5.10 Å². The van der Waals surface area contributed by atoms with Crippen LogP contribution in [0.2, 0.25) is 0 Å². The zero-order valence-electron chi connectivity index (χ0n) is 23.4. The van der Waals surface area contributed by atoms with E-state index in [1.54, 1.807) is 23.5 Å². The average molecular weight is 546 g/mol. The van der Waals surface area contributed by atoms with Crippen LogP contribution in [0.4, 0.5) is 10.6 Å². The first kappa shape index (κ1) is 26.2. The van der Waals surface area contributed by atoms with E-state index in [0.717, 1.165) is 60.0 Å². The molecule has 210 valence electrons. The van der Waals surface area contributed by atoms with Crippen molar-refractivity contribution in [3.63, 3.8) is 0 Å². The Morgan fingerprint density at radius 1 is 1.02 bits per heavy atom. The SMILES string of the molecule is Cn1c(-c2ccncc2)nc2c(N3CCOCC3)nc(-c3ccnn3C3CCCN(C(=O)OC(C)(C)C)C3)nc21. The molecular formula is C28H35N9O3. The highest BCUT2D eigenvalue weighted by Crippen LogP contribution is 2.33. The van der Waals surface area contributed by atoms with Gasteiger partial charge in [0.05, 0.1) is 19.3 Å². The second-order valence-corrected chi connectivity index (χ2v) is 11.3. The van der Waals surface area contributed by atoms with Crippen LogP contribution in [0.3, 0.4) is 0 Å². The zero-order chi connectivity index (χ0) is 27.9. The molecule has 1 atom stereocenters. The molecule has 40 heavy (non-hydrogen) atoms. The van der Waals surface area contributed by atoms with E-state index in [-0.39, 0.29) is 12.1 Å². The first-order valence-electron chi connectivity index (χ1n) is 13.8. The molecule has 2 saturated heterocycles. The highest BCUT2D eigenvalue weighted by atomic mass is 16.6. The Kier molecular flexibility index (Phi) is 6.87. The molecule has 4 aromatic heterocycles. The maximum atomic E-state index is 12.8. The number of carbonyl (C=O) groups is 1. The van der Waals surface area contributed by atoms with Gasteiger partial charge in [0, 0.05) is 57.4 Å². The van der Waals surface area contributed by atoms with Gasteiger partial charge < -0.3 is 23.8 Å². The van der Waals surface area contributed by atoms with E-state index in [1.807, 2.05) is 55.3 Å². The lowest BCUT2D eigenvalue weighted by Gasteiger charge is -2.34. The predicted octanol–water partition coefficient (Wildman–Crippen LogP) is 3.70. The van der Waals surface area contributed by atoms with Crippen molar-refractivity contribution in [3.8, 4) is 22.9 Å². The molecule has 0 spiro atoms. The molecule has 6 heterocycles. The highest BCUT2D eigenvalue weighted by molar-refractivity contribution is 5.88. The number of amides is 1. The Morgan fingerprint density at radius 3 is 2.55 bits per heavy atom. The Hall–Kier alpha value is -4.06. The van der Waals surface area contributed by atoms with E-state index in [9.17, 15) is 4.79 Å². The maximum Gasteiger partial charge on any atom is 0.410 e. The minimum atomic E-state index is -0.543. The third-order valence-electron chi connectivity index (χ3n) is 7.24. The fourth-order valence-corrected chi connectivity index (χ4v) is 5.34. The van der Waals surface area contributed by atoms with E-state index in [1.165, 1.54) is 0 Å². The molecule has 6 rings (SSSR count). The fourth-order valence-electron chi connectivity index (χ4n) is 5.34. The molecule has 1 amide bonds. The summed E-state index contributed by atoms with van der Waals surface area (Å²) in [6, 6.07) is 5.81. The molecule has 0 aliphatic carbocycles. The van der Waals surface area contributed by atoms with Crippen LogP contribution in [0.25, 0.3) is 34.1 Å². The van der Waals surface area contributed by atoms with Crippen LogP contribution in [-0.2, 0) is 16.5 Å². The van der Waals surface area contributed by atoms with Crippen molar-refractivity contribution >= 4 is 23.1 Å². The van der Waals surface area contributed by atoms with Gasteiger partial charge in [-0.15, -0.1) is 0 Å². The number of piperidine rings is 1. The molecular weight excluding hydrogens is 510 g/mol. The van der Waals surface area contributed by atoms with Gasteiger partial charge in [0.1, 0.15) is 17.1 Å². The number of likely N-dealkylation sites (tertiary alicyclic amines) is 1. The number of anilines is 1. The number of pyridine rings is 1. The second-order valence-electron chi connectivity index (χ2n) is 11.3. The van der Waals surface area contributed by atoms with Gasteiger partial charge in [-0.25, -0.2) is 19.7 Å². The number of rotatable bonds is 4. The summed E-state index contributed by atoms with van der Waals surface area (Å²) in [6.07, 6.45) is 6.76. The Morgan fingerprint density at radius 2 is 1.80 bits per heavy atom. The highest BCUT2D eigenvalue weighted by Gasteiger charge is 2.31. The molecule has 4 aromatic rings. The number of fused-ring (bicyclic) bond motifs is 1. The summed E-state index contributed by atoms with van der Waals surface area (Å²) in [5, 5.41) is 4.68. The van der Waals surface area contributed by atoms with Crippen molar-refractivity contribution in [3.05, 3.63) is 36.8 Å². The monoisotopic (exact) mass is 545 g/mol. The van der Waals surface area contributed by atoms with Crippen LogP contribution in [0.1, 0.15) is 39.7 Å². The molecule has 0 N–H and O–H groups in total. The summed E-state index contributed by atoms with van der Waals surface area (Å²) in [5.74, 6) is 2.16. The van der Waals surface area contributed by atoms with E-state index >= 15 is 0 Å². The molecule has 12 heteroatoms. The van der Waals surface area contributed by atoms with Crippen molar-refractivity contribution in [1.29, 1.82) is 0 Å². The summed E-state index contributed by atoms with van der Waals surface area (Å²) in [5.41, 5.74) is 2.71. The average Bonchev–Trinajstić information content (AvgIpc) is 3.58. The van der Waals surface area contributed by atoms with Crippen LogP contribution < -0.4 is 4.90 Å². The van der Waals surface area contributed by atoms with Gasteiger partial charge in [-0.3, -0.25) is 9.67 Å². The van der Waals surface area contributed by atoms with E-state index in [4.69, 9.17) is 24.4 Å². The van der Waals surface area contributed by atoms with Crippen molar-refractivity contribution in [1.82, 2.24) is 39.2 Å². The number of morpholine rings is 1. The molecule has 2 fully saturated rings. The van der Waals surface area contributed by atoms with Crippen LogP contribution >= 0.6 is 0 Å². The maximum absolute atomic E-state index is 12.8. The smallest absolute Gasteiger partial charge is 0.410 e. The number of carbonyl (C=O) groups excluding carboxylic acids is 1. The van der Waals surface area contributed by atoms with Gasteiger partial charge in [0.25, 0.3) is 0 Å². The zero-order valence-corrected chi connectivity index (χ0v) is 23.4. The van der Waals surface area contributed by atoms with Gasteiger partial charge in [-0.1, -0.05) is 0 Å². The Labute approximate surface area is 233 Å². The topological polar surface area (TPSA) is 116 Å². The van der Waals surface area contributed by atoms with Crippen LogP contribution in [0.15, 0.2) is 36.8 Å². The third kappa shape index (κ3) is 5.10. The molecule has 2 aliphatic rings. The lowest BCUT2D eigenvalue weighted by molar-refractivity contribution is 0.0168. The number of hydrogen-bond acceptors (Lipinski definition) is 9. The van der Waals surface area contributed by atoms with Crippen LogP contribution in [0, 0.1) is 0 Å². The van der Waals surface area contributed by atoms with E-state index < -0.39 is 5.60 Å². The van der Waals surface area contributed by atoms with Gasteiger partial charge in [-0.05, 0) is 51.8 Å². The standard InChI is InChI=1S/C28H35N9O3/c1-28(2,3)40-27(38)36-13-5-6-20(18-36)37-21(9-12-30-37)23-32-25-22(26(33-23)35-14-16-39-17-15-35)31-24(34(25)4)19-7-10-29-11-8-19/h7-12,20H,5-6,13-18H2,1-4H3. The van der Waals surface area contributed by atoms with Gasteiger partial charge in [0.2, 0.25) is 0 Å². The van der Waals surface area contributed by atoms with Gasteiger partial charge >= 0.3 is 6.09 Å². The lowest BCUT2D eigenvalue weighted by atomic mass is 10.1. The third-order valence-corrected chi connectivity index (χ3v) is 7.24. The largest absolute Gasteiger partial charge is 0.444 e. The summed E-state index contributed by atoms with van der Waals surface area (Å²) >= 11 is 0. The summed E-state index contributed by atoms with van der Waals surface area (Å²) < 4.78 is 15.2. The quantitative estimate of drug-likeness (QED) is 0.378. The first-order chi connectivity index (χ1) is 19.3. The first-order valence-corrected chi connectivity index (χ1v) is 13.8. The summed E-state index contributed by atoms with van der Waals surface area (Å²) in [6.45, 7) is 9.54. The van der Waals surface area contributed by atoms with Crippen molar-refractivity contribution in [2.45, 2.75) is 45.3 Å². The van der Waals surface area contributed by atoms with Crippen LogP contribution in [0.5, 0.6) is 0 Å². The van der Waals surface area contributed by atoms with E-state index in [2.05, 4.69) is 15.0 Å². The van der Waals surface area contributed by atoms with E-state index in [0.29, 0.717) is 32.1 Å². The molecule has 0 saturated carbocycles. The molecule has 2 aliphatic heterocycles. The minimum Gasteiger partial charge on any atom is -0.444 e. The molecule has 1 unspecified atom stereocenters. The number of nitrogens with zero attached hydrogens (tertiary/aromatic N) is 9. The summed E-state index contributed by atoms with van der Waals surface area (Å²) in [7, 11) is 1.97. The van der Waals surface area contributed by atoms with Crippen molar-refractivity contribution in [2.24, 2.45) is 7.05 Å². The summed E-state index contributed by atoms with van der Waals surface area (Å²) in [4.78, 5) is 36.1. The Balaban J connectivity index is 1.40. The van der Waals surface area contributed by atoms with Crippen molar-refractivity contribution in [2.75, 3.05) is 44.3 Å². The number of aromatic nitrogens is 7. The normalized spacial score (nSPS) is 18.4. The second kappa shape index (κ2) is 10.5. The molecule has 12 nitrogen and oxygen atoms in total. The number of ether oxygens (including phenoxy) is 2. The van der Waals surface area contributed by atoms with Gasteiger partial charge in [0.15, 0.2) is 22.8 Å². The molecule has 0 bridgehead atoms. The Bertz CT molecular complexity index is 1500. The molecule has 0 radical (unpaired) electrons. The molecule has 0 aromatic carbocycles. The van der Waals surface area contributed by atoms with Crippen LogP contribution in [-0.4, -0.2) is 90.3 Å². The number of aryl methyl sites for hydroxylation is 1. The number of hydrogen-bond donors (Lipinski definition) is 0.